The third kappa shape index (κ3) is 5.33. The van der Waals surface area contributed by atoms with E-state index in [0.29, 0.717) is 6.42 Å². The van der Waals surface area contributed by atoms with Crippen LogP contribution in [-0.2, 0) is 10.5 Å². The number of thioether (sulfide) groups is 2. The van der Waals surface area contributed by atoms with Gasteiger partial charge < -0.3 is 11.1 Å². The van der Waals surface area contributed by atoms with E-state index in [1.54, 1.807) is 23.5 Å². The van der Waals surface area contributed by atoms with E-state index >= 15 is 0 Å². The Morgan fingerprint density at radius 2 is 1.94 bits per heavy atom. The van der Waals surface area contributed by atoms with Crippen LogP contribution < -0.4 is 11.1 Å². The smallest absolute Gasteiger partial charge is 0.241 e. The Labute approximate surface area is 117 Å². The van der Waals surface area contributed by atoms with Crippen LogP contribution in [-0.4, -0.2) is 30.2 Å². The molecule has 0 aliphatic rings. The highest BCUT2D eigenvalue weighted by Crippen LogP contribution is 2.14. The minimum absolute atomic E-state index is 0.110. The average Bonchev–Trinajstić information content (AvgIpc) is 2.38. The van der Waals surface area contributed by atoms with Crippen LogP contribution in [0.1, 0.15) is 12.0 Å². The molecule has 0 aliphatic carbocycles. The monoisotopic (exact) mass is 284 g/mol. The first kappa shape index (κ1) is 15.4. The van der Waals surface area contributed by atoms with Crippen molar-refractivity contribution in [3.63, 3.8) is 0 Å². The highest BCUT2D eigenvalue weighted by molar-refractivity contribution is 7.98. The summed E-state index contributed by atoms with van der Waals surface area (Å²) in [5.74, 6) is 1.78. The molecule has 0 radical (unpaired) electrons. The lowest BCUT2D eigenvalue weighted by molar-refractivity contribution is -0.117. The minimum Gasteiger partial charge on any atom is -0.325 e. The Hall–Kier alpha value is -0.650. The molecule has 3 nitrogen and oxygen atoms in total. The highest BCUT2D eigenvalue weighted by atomic mass is 32.2. The van der Waals surface area contributed by atoms with Gasteiger partial charge in [-0.2, -0.15) is 23.5 Å². The third-order valence-electron chi connectivity index (χ3n) is 2.50. The van der Waals surface area contributed by atoms with Crippen molar-refractivity contribution in [1.29, 1.82) is 0 Å². The molecule has 5 heteroatoms. The molecule has 1 aromatic carbocycles. The molecule has 0 unspecified atom stereocenters. The molecule has 1 aromatic rings. The standard InChI is InChI=1S/C13H20N2OS2/c1-17-8-7-12(14)13(16)15-11-5-3-10(4-6-11)9-18-2/h3-6,12H,7-9,14H2,1-2H3,(H,15,16)/t12-/m0/s1. The van der Waals surface area contributed by atoms with Crippen LogP contribution in [0.2, 0.25) is 0 Å². The molecule has 0 spiro atoms. The molecule has 18 heavy (non-hydrogen) atoms. The van der Waals surface area contributed by atoms with Gasteiger partial charge >= 0.3 is 0 Å². The topological polar surface area (TPSA) is 55.1 Å². The van der Waals surface area contributed by atoms with Crippen molar-refractivity contribution in [2.45, 2.75) is 18.2 Å². The number of benzene rings is 1. The molecule has 1 amide bonds. The van der Waals surface area contributed by atoms with Crippen molar-refractivity contribution in [2.75, 3.05) is 23.6 Å². The average molecular weight is 284 g/mol. The van der Waals surface area contributed by atoms with Crippen molar-refractivity contribution < 1.29 is 4.79 Å². The number of nitrogens with one attached hydrogen (secondary N) is 1. The number of rotatable bonds is 7. The zero-order valence-corrected chi connectivity index (χ0v) is 12.4. The molecule has 0 saturated carbocycles. The number of hydrogen-bond acceptors (Lipinski definition) is 4. The number of carbonyl (C=O) groups excluding carboxylic acids is 1. The van der Waals surface area contributed by atoms with Gasteiger partial charge in [-0.25, -0.2) is 0 Å². The molecule has 0 bridgehead atoms. The molecule has 0 heterocycles. The van der Waals surface area contributed by atoms with E-state index in [-0.39, 0.29) is 5.91 Å². The molecule has 0 aliphatic heterocycles. The predicted molar refractivity (Wildman–Crippen MR) is 83.3 cm³/mol. The van der Waals surface area contributed by atoms with Crippen LogP contribution in [0.25, 0.3) is 0 Å². The molecule has 1 atom stereocenters. The summed E-state index contributed by atoms with van der Waals surface area (Å²) in [4.78, 5) is 11.8. The molecular formula is C13H20N2OS2. The predicted octanol–water partition coefficient (Wildman–Crippen LogP) is 2.57. The Morgan fingerprint density at radius 3 is 2.50 bits per heavy atom. The van der Waals surface area contributed by atoms with Crippen LogP contribution in [0.15, 0.2) is 24.3 Å². The number of amides is 1. The Kier molecular flexibility index (Phi) is 7.23. The summed E-state index contributed by atoms with van der Waals surface area (Å²) in [5, 5.41) is 2.84. The molecular weight excluding hydrogens is 264 g/mol. The maximum atomic E-state index is 11.8. The summed E-state index contributed by atoms with van der Waals surface area (Å²) in [6.07, 6.45) is 4.78. The van der Waals surface area contributed by atoms with E-state index in [4.69, 9.17) is 5.73 Å². The summed E-state index contributed by atoms with van der Waals surface area (Å²) in [7, 11) is 0. The third-order valence-corrected chi connectivity index (χ3v) is 3.77. The van der Waals surface area contributed by atoms with Gasteiger partial charge in [0.15, 0.2) is 0 Å². The fourth-order valence-corrected chi connectivity index (χ4v) is 2.48. The van der Waals surface area contributed by atoms with Gasteiger partial charge in [-0.3, -0.25) is 4.79 Å². The molecule has 0 aromatic heterocycles. The van der Waals surface area contributed by atoms with Crippen LogP contribution in [0.3, 0.4) is 0 Å². The second-order valence-corrected chi connectivity index (χ2v) is 5.86. The summed E-state index contributed by atoms with van der Waals surface area (Å²) < 4.78 is 0. The van der Waals surface area contributed by atoms with E-state index < -0.39 is 6.04 Å². The Balaban J connectivity index is 2.48. The van der Waals surface area contributed by atoms with E-state index in [2.05, 4.69) is 11.6 Å². The first-order chi connectivity index (χ1) is 8.67. The second kappa shape index (κ2) is 8.45. The quantitative estimate of drug-likeness (QED) is 0.808. The molecule has 100 valence electrons. The number of nitrogens with two attached hydrogens (primary N) is 1. The highest BCUT2D eigenvalue weighted by Gasteiger charge is 2.12. The first-order valence-corrected chi connectivity index (χ1v) is 8.59. The van der Waals surface area contributed by atoms with Gasteiger partial charge in [0, 0.05) is 11.4 Å². The zero-order chi connectivity index (χ0) is 13.4. The summed E-state index contributed by atoms with van der Waals surface area (Å²) in [6, 6.07) is 7.47. The maximum absolute atomic E-state index is 11.8. The van der Waals surface area contributed by atoms with E-state index in [1.165, 1.54) is 5.56 Å². The van der Waals surface area contributed by atoms with Crippen LogP contribution >= 0.6 is 23.5 Å². The van der Waals surface area contributed by atoms with E-state index in [0.717, 1.165) is 17.2 Å². The normalized spacial score (nSPS) is 12.2. The summed E-state index contributed by atoms with van der Waals surface area (Å²) >= 11 is 3.48. The Bertz CT molecular complexity index is 368. The maximum Gasteiger partial charge on any atom is 0.241 e. The zero-order valence-electron chi connectivity index (χ0n) is 10.8. The van der Waals surface area contributed by atoms with Gasteiger partial charge in [-0.1, -0.05) is 12.1 Å². The number of anilines is 1. The number of carbonyl (C=O) groups is 1. The lowest BCUT2D eigenvalue weighted by Gasteiger charge is -2.11. The minimum atomic E-state index is -0.427. The summed E-state index contributed by atoms with van der Waals surface area (Å²) in [5.41, 5.74) is 7.87. The lowest BCUT2D eigenvalue weighted by atomic mass is 10.2. The van der Waals surface area contributed by atoms with Crippen molar-refractivity contribution in [3.8, 4) is 0 Å². The second-order valence-electron chi connectivity index (χ2n) is 4.01. The van der Waals surface area contributed by atoms with Crippen molar-refractivity contribution in [3.05, 3.63) is 29.8 Å². The molecule has 0 saturated heterocycles. The van der Waals surface area contributed by atoms with Crippen LogP contribution in [0.5, 0.6) is 0 Å². The van der Waals surface area contributed by atoms with Crippen LogP contribution in [0, 0.1) is 0 Å². The van der Waals surface area contributed by atoms with E-state index in [9.17, 15) is 4.79 Å². The van der Waals surface area contributed by atoms with Crippen molar-refractivity contribution in [2.24, 2.45) is 5.73 Å². The van der Waals surface area contributed by atoms with E-state index in [1.807, 2.05) is 30.5 Å². The fraction of sp³-hybridized carbons (Fsp3) is 0.462. The molecule has 3 N–H and O–H groups in total. The number of hydrogen-bond donors (Lipinski definition) is 2. The largest absolute Gasteiger partial charge is 0.325 e. The fourth-order valence-electron chi connectivity index (χ4n) is 1.46. The van der Waals surface area contributed by atoms with Crippen molar-refractivity contribution >= 4 is 35.1 Å². The van der Waals surface area contributed by atoms with Gasteiger partial charge in [0.2, 0.25) is 5.91 Å². The van der Waals surface area contributed by atoms with Gasteiger partial charge in [-0.05, 0) is 42.4 Å². The SMILES string of the molecule is CSCC[C@H](N)C(=O)Nc1ccc(CSC)cc1. The summed E-state index contributed by atoms with van der Waals surface area (Å²) in [6.45, 7) is 0. The van der Waals surface area contributed by atoms with Gasteiger partial charge in [0.05, 0.1) is 6.04 Å². The first-order valence-electron chi connectivity index (χ1n) is 5.80. The van der Waals surface area contributed by atoms with Gasteiger partial charge in [0.1, 0.15) is 0 Å². The Morgan fingerprint density at radius 1 is 1.28 bits per heavy atom. The van der Waals surface area contributed by atoms with Crippen LogP contribution in [0.4, 0.5) is 5.69 Å². The van der Waals surface area contributed by atoms with Crippen molar-refractivity contribution in [1.82, 2.24) is 0 Å². The van der Waals surface area contributed by atoms with Gasteiger partial charge in [-0.15, -0.1) is 0 Å². The lowest BCUT2D eigenvalue weighted by Crippen LogP contribution is -2.36. The van der Waals surface area contributed by atoms with Gasteiger partial charge in [0.25, 0.3) is 0 Å². The molecule has 1 rings (SSSR count). The molecule has 0 fully saturated rings.